The number of benzene rings is 4. The van der Waals surface area contributed by atoms with Gasteiger partial charge in [-0.3, -0.25) is 0 Å². The zero-order valence-electron chi connectivity index (χ0n) is 22.8. The summed E-state index contributed by atoms with van der Waals surface area (Å²) in [6.07, 6.45) is 9.56. The molecule has 2 nitrogen and oxygen atoms in total. The van der Waals surface area contributed by atoms with E-state index in [0.29, 0.717) is 11.1 Å². The highest BCUT2D eigenvalue weighted by molar-refractivity contribution is 6.39. The molecule has 2 unspecified atom stereocenters. The predicted molar refractivity (Wildman–Crippen MR) is 168 cm³/mol. The van der Waals surface area contributed by atoms with Crippen molar-refractivity contribution in [1.29, 1.82) is 0 Å². The Morgan fingerprint density at radius 3 is 1.32 bits per heavy atom. The summed E-state index contributed by atoms with van der Waals surface area (Å²) in [6.45, 7) is 2.31. The summed E-state index contributed by atoms with van der Waals surface area (Å²) in [7, 11) is 0. The van der Waals surface area contributed by atoms with E-state index in [9.17, 15) is 0 Å². The van der Waals surface area contributed by atoms with Crippen LogP contribution in [-0.2, 0) is 25.7 Å². The van der Waals surface area contributed by atoms with E-state index >= 15 is 0 Å². The second-order valence-corrected chi connectivity index (χ2v) is 13.3. The van der Waals surface area contributed by atoms with Crippen molar-refractivity contribution in [3.05, 3.63) is 105 Å². The van der Waals surface area contributed by atoms with Crippen LogP contribution in [0.3, 0.4) is 0 Å². The molecule has 2 saturated heterocycles. The largest absolute Gasteiger partial charge is 0.311 e. The van der Waals surface area contributed by atoms with Gasteiger partial charge in [-0.05, 0) is 97.8 Å². The van der Waals surface area contributed by atoms with Crippen molar-refractivity contribution in [2.24, 2.45) is 0 Å². The Morgan fingerprint density at radius 1 is 0.500 bits per heavy atom. The molecule has 2 aliphatic carbocycles. The number of nitrogens with one attached hydrogen (secondary N) is 2. The lowest BCUT2D eigenvalue weighted by Crippen LogP contribution is -2.59. The lowest BCUT2D eigenvalue weighted by Gasteiger charge is -2.46. The van der Waals surface area contributed by atoms with Crippen LogP contribution in [0.25, 0.3) is 33.4 Å². The second kappa shape index (κ2) is 9.46. The fraction of sp³-hybridized carbons (Fsp3) is 0.333. The van der Waals surface area contributed by atoms with E-state index in [-0.39, 0.29) is 0 Å². The first-order valence-corrected chi connectivity index (χ1v) is 15.6. The second-order valence-electron chi connectivity index (χ2n) is 12.6. The van der Waals surface area contributed by atoms with Gasteiger partial charge in [0.15, 0.2) is 0 Å². The summed E-state index contributed by atoms with van der Waals surface area (Å²) in [6, 6.07) is 26.5. The Kier molecular flexibility index (Phi) is 5.94. The smallest absolute Gasteiger partial charge is 0.0563 e. The zero-order valence-corrected chi connectivity index (χ0v) is 24.3. The quantitative estimate of drug-likeness (QED) is 0.261. The Hall–Kier alpha value is -2.62. The maximum absolute atomic E-state index is 7.17. The first kappa shape index (κ1) is 25.1. The summed E-state index contributed by atoms with van der Waals surface area (Å²) in [4.78, 5) is 0. The molecule has 2 spiro atoms. The minimum Gasteiger partial charge on any atom is -0.311 e. The van der Waals surface area contributed by atoms with E-state index < -0.39 is 0 Å². The van der Waals surface area contributed by atoms with Crippen LogP contribution in [0.15, 0.2) is 72.8 Å². The molecule has 2 heterocycles. The molecule has 4 aromatic carbocycles. The SMILES string of the molecule is Clc1c(-c2ccc3c(c2)CCC2(CCN2)C3)cccc1-c1cccc(-c2ccc3c(c2)CCC2(CCN2)C3)c1Cl. The fourth-order valence-electron chi connectivity index (χ4n) is 7.66. The van der Waals surface area contributed by atoms with Crippen LogP contribution in [0.2, 0.25) is 10.0 Å². The van der Waals surface area contributed by atoms with Gasteiger partial charge < -0.3 is 10.6 Å². The highest BCUT2D eigenvalue weighted by atomic mass is 35.5. The van der Waals surface area contributed by atoms with E-state index in [1.54, 1.807) is 0 Å². The normalized spacial score (nSPS) is 24.8. The van der Waals surface area contributed by atoms with Crippen molar-refractivity contribution in [3.63, 3.8) is 0 Å². The molecule has 0 aromatic heterocycles. The predicted octanol–water partition coefficient (Wildman–Crippen LogP) is 8.44. The zero-order chi connectivity index (χ0) is 26.9. The van der Waals surface area contributed by atoms with E-state index in [1.165, 1.54) is 59.1 Å². The van der Waals surface area contributed by atoms with Crippen LogP contribution in [0.5, 0.6) is 0 Å². The number of rotatable bonds is 3. The Morgan fingerprint density at radius 2 is 0.925 bits per heavy atom. The number of aryl methyl sites for hydroxylation is 2. The molecule has 202 valence electrons. The summed E-state index contributed by atoms with van der Waals surface area (Å²) in [5.41, 5.74) is 13.1. The van der Waals surface area contributed by atoms with Crippen molar-refractivity contribution in [3.8, 4) is 33.4 Å². The summed E-state index contributed by atoms with van der Waals surface area (Å²) < 4.78 is 0. The lowest BCUT2D eigenvalue weighted by molar-refractivity contribution is 0.181. The molecule has 0 amide bonds. The first-order chi connectivity index (χ1) is 19.5. The van der Waals surface area contributed by atoms with Gasteiger partial charge in [0.05, 0.1) is 10.0 Å². The molecule has 40 heavy (non-hydrogen) atoms. The summed E-state index contributed by atoms with van der Waals surface area (Å²) in [5, 5.41) is 8.91. The minimum atomic E-state index is 0.349. The molecule has 4 aliphatic rings. The molecule has 0 radical (unpaired) electrons. The van der Waals surface area contributed by atoms with Gasteiger partial charge in [0.2, 0.25) is 0 Å². The average molecular weight is 566 g/mol. The monoisotopic (exact) mass is 564 g/mol. The first-order valence-electron chi connectivity index (χ1n) is 14.8. The fourth-order valence-corrected chi connectivity index (χ4v) is 8.34. The maximum Gasteiger partial charge on any atom is 0.0563 e. The van der Waals surface area contributed by atoms with Crippen LogP contribution < -0.4 is 10.6 Å². The van der Waals surface area contributed by atoms with Crippen molar-refractivity contribution in [1.82, 2.24) is 10.6 Å². The Bertz CT molecular complexity index is 1520. The highest BCUT2D eigenvalue weighted by Crippen LogP contribution is 2.44. The molecule has 2 aliphatic heterocycles. The van der Waals surface area contributed by atoms with E-state index in [2.05, 4.69) is 83.4 Å². The maximum atomic E-state index is 7.17. The highest BCUT2D eigenvalue weighted by Gasteiger charge is 2.40. The van der Waals surface area contributed by atoms with Gasteiger partial charge in [0.25, 0.3) is 0 Å². The van der Waals surface area contributed by atoms with Gasteiger partial charge in [-0.15, -0.1) is 0 Å². The third kappa shape index (κ3) is 4.07. The van der Waals surface area contributed by atoms with Gasteiger partial charge in [-0.1, -0.05) is 96.0 Å². The van der Waals surface area contributed by atoms with Crippen LogP contribution in [-0.4, -0.2) is 24.2 Å². The molecule has 2 atom stereocenters. The van der Waals surface area contributed by atoms with Crippen LogP contribution in [0, 0.1) is 0 Å². The summed E-state index contributed by atoms with van der Waals surface area (Å²) >= 11 is 14.3. The van der Waals surface area contributed by atoms with Gasteiger partial charge >= 0.3 is 0 Å². The lowest BCUT2D eigenvalue weighted by atomic mass is 9.72. The van der Waals surface area contributed by atoms with Crippen LogP contribution >= 0.6 is 23.2 Å². The minimum absolute atomic E-state index is 0.349. The third-order valence-electron chi connectivity index (χ3n) is 10.3. The summed E-state index contributed by atoms with van der Waals surface area (Å²) in [5.74, 6) is 0. The molecule has 4 heteroatoms. The molecule has 4 aromatic rings. The van der Waals surface area contributed by atoms with Crippen LogP contribution in [0.1, 0.15) is 47.9 Å². The Balaban J connectivity index is 1.12. The molecular formula is C36H34Cl2N2. The number of fused-ring (bicyclic) bond motifs is 2. The molecule has 8 rings (SSSR count). The van der Waals surface area contributed by atoms with E-state index in [4.69, 9.17) is 23.2 Å². The number of hydrogen-bond donors (Lipinski definition) is 2. The average Bonchev–Trinajstić information content (AvgIpc) is 2.95. The van der Waals surface area contributed by atoms with Gasteiger partial charge in [0.1, 0.15) is 0 Å². The molecule has 2 N–H and O–H groups in total. The van der Waals surface area contributed by atoms with Gasteiger partial charge in [-0.25, -0.2) is 0 Å². The molecule has 0 saturated carbocycles. The van der Waals surface area contributed by atoms with Crippen molar-refractivity contribution in [2.75, 3.05) is 13.1 Å². The molecule has 2 fully saturated rings. The van der Waals surface area contributed by atoms with Crippen molar-refractivity contribution < 1.29 is 0 Å². The van der Waals surface area contributed by atoms with E-state index in [0.717, 1.165) is 71.1 Å². The van der Waals surface area contributed by atoms with Crippen LogP contribution in [0.4, 0.5) is 0 Å². The van der Waals surface area contributed by atoms with E-state index in [1.807, 2.05) is 0 Å². The number of halogens is 2. The number of hydrogen-bond acceptors (Lipinski definition) is 2. The molecular weight excluding hydrogens is 531 g/mol. The molecule has 0 bridgehead atoms. The van der Waals surface area contributed by atoms with Gasteiger partial charge in [0, 0.05) is 33.3 Å². The van der Waals surface area contributed by atoms with Crippen molar-refractivity contribution in [2.45, 2.75) is 62.4 Å². The Labute approximate surface area is 247 Å². The van der Waals surface area contributed by atoms with Gasteiger partial charge in [-0.2, -0.15) is 0 Å². The standard InChI is InChI=1S/C36H34Cl2N2/c37-33-29(25-7-9-27-21-35(15-17-39-35)13-11-23(27)19-25)3-1-5-31(33)32-6-2-4-30(34(32)38)26-8-10-28-22-36(16-18-40-36)14-12-24(28)20-26/h1-10,19-20,39-40H,11-18,21-22H2. The van der Waals surface area contributed by atoms with Crippen molar-refractivity contribution >= 4 is 23.2 Å². The third-order valence-corrected chi connectivity index (χ3v) is 11.1. The topological polar surface area (TPSA) is 24.1 Å².